The van der Waals surface area contributed by atoms with Gasteiger partial charge in [-0.2, -0.15) is 0 Å². The summed E-state index contributed by atoms with van der Waals surface area (Å²) >= 11 is 3.52. The smallest absolute Gasteiger partial charge is 0.209 e. The summed E-state index contributed by atoms with van der Waals surface area (Å²) in [5, 5.41) is 3.36. The van der Waals surface area contributed by atoms with Crippen LogP contribution >= 0.6 is 15.9 Å². The monoisotopic (exact) mass is 443 g/mol. The average molecular weight is 444 g/mol. The van der Waals surface area contributed by atoms with Gasteiger partial charge in [0.15, 0.2) is 5.78 Å². The van der Waals surface area contributed by atoms with Gasteiger partial charge >= 0.3 is 0 Å². The van der Waals surface area contributed by atoms with Crippen LogP contribution in [0.15, 0.2) is 94.6 Å². The Morgan fingerprint density at radius 3 is 2.41 bits per heavy atom. The van der Waals surface area contributed by atoms with Crippen LogP contribution in [0, 0.1) is 0 Å². The Kier molecular flexibility index (Phi) is 4.32. The maximum absolute atomic E-state index is 13.6. The topological polar surface area (TPSA) is 46.9 Å². The minimum Gasteiger partial charge on any atom is -0.329 e. The molecule has 1 N–H and O–H groups in total. The Labute approximate surface area is 177 Å². The van der Waals surface area contributed by atoms with Crippen molar-refractivity contribution in [3.8, 4) is 0 Å². The van der Waals surface area contributed by atoms with Gasteiger partial charge < -0.3 is 5.32 Å². The molecular weight excluding hydrogens is 426 g/mol. The molecule has 0 aliphatic carbocycles. The van der Waals surface area contributed by atoms with Gasteiger partial charge in [-0.15, -0.1) is 0 Å². The zero-order valence-electron chi connectivity index (χ0n) is 15.8. The highest BCUT2D eigenvalue weighted by atomic mass is 79.9. The number of allylic oxidation sites excluding steroid dienone is 2. The molecule has 0 saturated carbocycles. The molecule has 5 heteroatoms. The molecule has 1 aromatic heterocycles. The first-order valence-electron chi connectivity index (χ1n) is 9.43. The van der Waals surface area contributed by atoms with Gasteiger partial charge in [-0.25, -0.2) is 4.98 Å². The van der Waals surface area contributed by atoms with Crippen molar-refractivity contribution in [1.29, 1.82) is 0 Å². The van der Waals surface area contributed by atoms with E-state index in [0.717, 1.165) is 38.3 Å². The van der Waals surface area contributed by atoms with Gasteiger partial charge in [0.05, 0.1) is 17.1 Å². The van der Waals surface area contributed by atoms with Gasteiger partial charge in [-0.1, -0.05) is 70.5 Å². The second-order valence-corrected chi connectivity index (χ2v) is 8.02. The Morgan fingerprint density at radius 2 is 1.66 bits per heavy atom. The van der Waals surface area contributed by atoms with E-state index < -0.39 is 0 Å². The fourth-order valence-electron chi connectivity index (χ4n) is 3.96. The summed E-state index contributed by atoms with van der Waals surface area (Å²) in [6.07, 6.45) is 0. The summed E-state index contributed by atoms with van der Waals surface area (Å²) in [7, 11) is 0. The molecule has 0 spiro atoms. The molecule has 2 heterocycles. The fourth-order valence-corrected chi connectivity index (χ4v) is 4.23. The molecule has 4 nitrogen and oxygen atoms in total. The summed E-state index contributed by atoms with van der Waals surface area (Å²) in [4.78, 5) is 18.3. The van der Waals surface area contributed by atoms with E-state index in [1.54, 1.807) is 0 Å². The number of Topliss-reactive ketones (excluding diaryl/α,β-unsaturated/α-hetero) is 1. The summed E-state index contributed by atoms with van der Waals surface area (Å²) in [6, 6.07) is 25.3. The second kappa shape index (κ2) is 7.01. The number of nitrogens with zero attached hydrogens (tertiary/aromatic N) is 2. The average Bonchev–Trinajstić information content (AvgIpc) is 3.11. The van der Waals surface area contributed by atoms with E-state index in [4.69, 9.17) is 4.98 Å². The van der Waals surface area contributed by atoms with Gasteiger partial charge in [-0.3, -0.25) is 9.36 Å². The number of fused-ring (bicyclic) bond motifs is 3. The van der Waals surface area contributed by atoms with Crippen LogP contribution in [0.25, 0.3) is 11.0 Å². The number of benzene rings is 3. The van der Waals surface area contributed by atoms with Crippen molar-refractivity contribution in [3.05, 3.63) is 106 Å². The number of rotatable bonds is 3. The first-order chi connectivity index (χ1) is 14.1. The summed E-state index contributed by atoms with van der Waals surface area (Å²) in [5.74, 6) is 0.771. The van der Waals surface area contributed by atoms with Gasteiger partial charge in [-0.05, 0) is 36.8 Å². The molecule has 5 rings (SSSR count). The third-order valence-corrected chi connectivity index (χ3v) is 5.83. The summed E-state index contributed by atoms with van der Waals surface area (Å²) in [5.41, 5.74) is 5.17. The predicted octanol–water partition coefficient (Wildman–Crippen LogP) is 5.97. The number of ketones is 1. The van der Waals surface area contributed by atoms with Gasteiger partial charge in [0.1, 0.15) is 0 Å². The second-order valence-electron chi connectivity index (χ2n) is 7.11. The number of nitrogens with one attached hydrogen (secondary N) is 1. The molecule has 1 aliphatic heterocycles. The lowest BCUT2D eigenvalue weighted by Gasteiger charge is -2.30. The van der Waals surface area contributed by atoms with E-state index in [0.29, 0.717) is 5.56 Å². The number of carbonyl (C=O) groups is 1. The number of halogens is 1. The van der Waals surface area contributed by atoms with Gasteiger partial charge in [0.25, 0.3) is 0 Å². The third kappa shape index (κ3) is 2.98. The molecule has 4 aromatic rings. The fraction of sp³-hybridized carbons (Fsp3) is 0.0833. The number of hydrogen-bond donors (Lipinski definition) is 1. The van der Waals surface area contributed by atoms with Crippen LogP contribution in [0.1, 0.15) is 28.9 Å². The van der Waals surface area contributed by atoms with E-state index in [1.807, 2.05) is 73.7 Å². The van der Waals surface area contributed by atoms with Gasteiger partial charge in [0, 0.05) is 21.3 Å². The highest BCUT2D eigenvalue weighted by molar-refractivity contribution is 9.10. The van der Waals surface area contributed by atoms with Crippen molar-refractivity contribution in [1.82, 2.24) is 9.55 Å². The third-order valence-electron chi connectivity index (χ3n) is 5.30. The molecule has 1 atom stereocenters. The minimum atomic E-state index is -0.264. The molecule has 0 bridgehead atoms. The van der Waals surface area contributed by atoms with Crippen molar-refractivity contribution in [3.63, 3.8) is 0 Å². The number of hydrogen-bond acceptors (Lipinski definition) is 3. The van der Waals surface area contributed by atoms with Crippen LogP contribution in [0.2, 0.25) is 0 Å². The first kappa shape index (κ1) is 17.9. The molecule has 0 radical (unpaired) electrons. The highest BCUT2D eigenvalue weighted by Crippen LogP contribution is 2.40. The Morgan fingerprint density at radius 1 is 0.966 bits per heavy atom. The maximum atomic E-state index is 13.6. The maximum Gasteiger partial charge on any atom is 0.209 e. The normalized spacial score (nSPS) is 15.9. The summed E-state index contributed by atoms with van der Waals surface area (Å²) in [6.45, 7) is 1.95. The van der Waals surface area contributed by atoms with Crippen molar-refractivity contribution in [2.45, 2.75) is 13.0 Å². The van der Waals surface area contributed by atoms with Crippen molar-refractivity contribution in [2.75, 3.05) is 5.32 Å². The summed E-state index contributed by atoms with van der Waals surface area (Å²) < 4.78 is 3.13. The first-order valence-corrected chi connectivity index (χ1v) is 10.2. The predicted molar refractivity (Wildman–Crippen MR) is 119 cm³/mol. The molecular formula is C24H18BrN3O. The van der Waals surface area contributed by atoms with Gasteiger partial charge in [0.2, 0.25) is 5.95 Å². The SMILES string of the molecule is CC1=C(C(=O)c2ccccc2)C(c2ccc(Br)cc2)n2c(nc3ccccc32)N1. The Bertz CT molecular complexity index is 1260. The van der Waals surface area contributed by atoms with Crippen LogP contribution < -0.4 is 5.32 Å². The molecule has 1 aliphatic rings. The minimum absolute atomic E-state index is 0.0203. The standard InChI is InChI=1S/C24H18BrN3O/c1-15-21(23(29)17-7-3-2-4-8-17)22(16-11-13-18(25)14-12-16)28-20-10-6-5-9-19(20)27-24(28)26-15/h2-14,22H,1H3,(H,26,27). The van der Waals surface area contributed by atoms with Crippen molar-refractivity contribution < 1.29 is 4.79 Å². The Balaban J connectivity index is 1.76. The van der Waals surface area contributed by atoms with E-state index in [2.05, 4.69) is 37.9 Å². The quantitative estimate of drug-likeness (QED) is 0.396. The molecule has 0 saturated heterocycles. The van der Waals surface area contributed by atoms with E-state index in [1.165, 1.54) is 0 Å². The number of para-hydroxylation sites is 2. The van der Waals surface area contributed by atoms with Crippen LogP contribution in [0.5, 0.6) is 0 Å². The van der Waals surface area contributed by atoms with Crippen molar-refractivity contribution >= 4 is 38.7 Å². The zero-order valence-corrected chi connectivity index (χ0v) is 17.3. The molecule has 142 valence electrons. The van der Waals surface area contributed by atoms with Crippen molar-refractivity contribution in [2.24, 2.45) is 0 Å². The van der Waals surface area contributed by atoms with E-state index in [9.17, 15) is 4.79 Å². The molecule has 0 amide bonds. The van der Waals surface area contributed by atoms with Crippen LogP contribution in [-0.4, -0.2) is 15.3 Å². The Hall–Kier alpha value is -3.18. The number of aromatic nitrogens is 2. The molecule has 0 fully saturated rings. The van der Waals surface area contributed by atoms with Crippen LogP contribution in [-0.2, 0) is 0 Å². The highest BCUT2D eigenvalue weighted by Gasteiger charge is 2.34. The lowest BCUT2D eigenvalue weighted by Crippen LogP contribution is -2.28. The molecule has 1 unspecified atom stereocenters. The lowest BCUT2D eigenvalue weighted by molar-refractivity contribution is 0.102. The van der Waals surface area contributed by atoms with Crippen LogP contribution in [0.3, 0.4) is 0 Å². The number of imidazole rings is 1. The zero-order chi connectivity index (χ0) is 20.0. The van der Waals surface area contributed by atoms with E-state index >= 15 is 0 Å². The lowest BCUT2D eigenvalue weighted by atomic mass is 9.89. The number of carbonyl (C=O) groups excluding carboxylic acids is 1. The molecule has 29 heavy (non-hydrogen) atoms. The van der Waals surface area contributed by atoms with E-state index in [-0.39, 0.29) is 11.8 Å². The van der Waals surface area contributed by atoms with Crippen LogP contribution in [0.4, 0.5) is 5.95 Å². The number of anilines is 1. The molecule has 3 aromatic carbocycles. The largest absolute Gasteiger partial charge is 0.329 e.